The summed E-state index contributed by atoms with van der Waals surface area (Å²) < 4.78 is 11.2. The fourth-order valence-electron chi connectivity index (χ4n) is 3.79. The van der Waals surface area contributed by atoms with Gasteiger partial charge in [-0.05, 0) is 49.7 Å². The van der Waals surface area contributed by atoms with Crippen LogP contribution in [-0.2, 0) is 0 Å². The number of guanidine groups is 1. The first-order valence-electron chi connectivity index (χ1n) is 10.1. The molecule has 160 valence electrons. The molecule has 2 atom stereocenters. The maximum atomic E-state index is 5.70. The van der Waals surface area contributed by atoms with E-state index < -0.39 is 0 Å². The molecule has 1 aliphatic rings. The van der Waals surface area contributed by atoms with Gasteiger partial charge in [0.2, 0.25) is 0 Å². The van der Waals surface area contributed by atoms with Crippen molar-refractivity contribution in [1.82, 2.24) is 15.5 Å². The van der Waals surface area contributed by atoms with Gasteiger partial charge in [0.05, 0.1) is 19.4 Å². The van der Waals surface area contributed by atoms with Crippen molar-refractivity contribution >= 4 is 29.9 Å². The summed E-state index contributed by atoms with van der Waals surface area (Å²) in [5, 5.41) is 6.92. The van der Waals surface area contributed by atoms with Gasteiger partial charge in [-0.2, -0.15) is 0 Å². The quantitative estimate of drug-likeness (QED) is 0.318. The molecule has 6 nitrogen and oxygen atoms in total. The summed E-state index contributed by atoms with van der Waals surface area (Å²) in [4.78, 5) is 6.87. The Morgan fingerprint density at radius 1 is 1.14 bits per heavy atom. The van der Waals surface area contributed by atoms with Crippen molar-refractivity contribution in [2.24, 2.45) is 4.99 Å². The number of hydrogen-bond acceptors (Lipinski definition) is 4. The highest BCUT2D eigenvalue weighted by Gasteiger charge is 2.25. The molecule has 1 fully saturated rings. The van der Waals surface area contributed by atoms with E-state index in [0.29, 0.717) is 5.92 Å². The fraction of sp³-hybridized carbons (Fsp3) is 0.500. The number of hydrogen-bond donors (Lipinski definition) is 2. The Kier molecular flexibility index (Phi) is 9.80. The first kappa shape index (κ1) is 23.5. The Labute approximate surface area is 191 Å². The average molecular weight is 512 g/mol. The fourth-order valence-corrected chi connectivity index (χ4v) is 3.79. The van der Waals surface area contributed by atoms with Crippen LogP contribution in [0.3, 0.4) is 0 Å². The normalized spacial score (nSPS) is 16.7. The van der Waals surface area contributed by atoms with Crippen LogP contribution >= 0.6 is 24.0 Å². The zero-order chi connectivity index (χ0) is 19.8. The molecule has 7 heteroatoms. The van der Waals surface area contributed by atoms with Gasteiger partial charge in [-0.15, -0.1) is 24.0 Å². The van der Waals surface area contributed by atoms with Gasteiger partial charge in [0.25, 0.3) is 0 Å². The molecule has 1 aromatic carbocycles. The zero-order valence-corrected chi connectivity index (χ0v) is 19.9. The van der Waals surface area contributed by atoms with Crippen LogP contribution in [0.2, 0.25) is 0 Å². The van der Waals surface area contributed by atoms with Gasteiger partial charge in [-0.1, -0.05) is 25.1 Å². The van der Waals surface area contributed by atoms with E-state index in [-0.39, 0.29) is 30.0 Å². The summed E-state index contributed by atoms with van der Waals surface area (Å²) >= 11 is 0. The summed E-state index contributed by atoms with van der Waals surface area (Å²) in [6, 6.07) is 12.4. The number of likely N-dealkylation sites (tertiary alicyclic amines) is 1. The first-order chi connectivity index (χ1) is 13.7. The number of para-hydroxylation sites is 1. The van der Waals surface area contributed by atoms with Crippen molar-refractivity contribution in [1.29, 1.82) is 0 Å². The molecule has 1 aliphatic heterocycles. The minimum absolute atomic E-state index is 0. The minimum atomic E-state index is 0. The summed E-state index contributed by atoms with van der Waals surface area (Å²) in [7, 11) is 3.52. The van der Waals surface area contributed by atoms with Crippen LogP contribution in [0.25, 0.3) is 0 Å². The van der Waals surface area contributed by atoms with Gasteiger partial charge in [-0.3, -0.25) is 9.89 Å². The van der Waals surface area contributed by atoms with Gasteiger partial charge in [0.1, 0.15) is 11.5 Å². The molecular formula is C22H33IN4O2. The standard InChI is InChI=1S/C22H32N4O2.HI/c1-17(18-9-4-5-10-20(18)27-3)15-24-22(23-2)25-16-19(21-11-8-14-28-21)26-12-6-7-13-26;/h4-5,8-11,14,17,19H,6-7,12-13,15-16H2,1-3H3,(H2,23,24,25);1H. The molecule has 2 unspecified atom stereocenters. The number of nitrogens with one attached hydrogen (secondary N) is 2. The topological polar surface area (TPSA) is 62.0 Å². The van der Waals surface area contributed by atoms with Gasteiger partial charge < -0.3 is 19.8 Å². The van der Waals surface area contributed by atoms with Crippen molar-refractivity contribution in [3.63, 3.8) is 0 Å². The Bertz CT molecular complexity index is 745. The van der Waals surface area contributed by atoms with Gasteiger partial charge in [-0.25, -0.2) is 0 Å². The zero-order valence-electron chi connectivity index (χ0n) is 17.6. The third kappa shape index (κ3) is 6.37. The number of aliphatic imine (C=N–C) groups is 1. The second-order valence-electron chi connectivity index (χ2n) is 7.25. The van der Waals surface area contributed by atoms with E-state index in [0.717, 1.165) is 43.6 Å². The second kappa shape index (κ2) is 12.1. The summed E-state index contributed by atoms with van der Waals surface area (Å²) in [6.45, 7) is 5.95. The van der Waals surface area contributed by atoms with Crippen LogP contribution in [0.5, 0.6) is 5.75 Å². The van der Waals surface area contributed by atoms with Crippen molar-refractivity contribution in [2.75, 3.05) is 40.3 Å². The highest BCUT2D eigenvalue weighted by atomic mass is 127. The highest BCUT2D eigenvalue weighted by molar-refractivity contribution is 14.0. The second-order valence-corrected chi connectivity index (χ2v) is 7.25. The van der Waals surface area contributed by atoms with Crippen LogP contribution in [-0.4, -0.2) is 51.2 Å². The highest BCUT2D eigenvalue weighted by Crippen LogP contribution is 2.26. The van der Waals surface area contributed by atoms with Crippen molar-refractivity contribution < 1.29 is 9.15 Å². The molecular weight excluding hydrogens is 479 g/mol. The number of ether oxygens (including phenoxy) is 1. The Morgan fingerprint density at radius 3 is 2.52 bits per heavy atom. The van der Waals surface area contributed by atoms with Gasteiger partial charge >= 0.3 is 0 Å². The van der Waals surface area contributed by atoms with E-state index in [1.165, 1.54) is 18.4 Å². The minimum Gasteiger partial charge on any atom is -0.496 e. The van der Waals surface area contributed by atoms with Crippen LogP contribution in [0.15, 0.2) is 52.1 Å². The first-order valence-corrected chi connectivity index (χ1v) is 10.1. The molecule has 1 aromatic heterocycles. The monoisotopic (exact) mass is 512 g/mol. The summed E-state index contributed by atoms with van der Waals surface area (Å²) in [5.41, 5.74) is 1.19. The smallest absolute Gasteiger partial charge is 0.191 e. The molecule has 0 radical (unpaired) electrons. The number of nitrogens with zero attached hydrogens (tertiary/aromatic N) is 2. The molecule has 2 aromatic rings. The maximum Gasteiger partial charge on any atom is 0.191 e. The third-order valence-electron chi connectivity index (χ3n) is 5.39. The van der Waals surface area contributed by atoms with Crippen LogP contribution in [0.1, 0.15) is 43.0 Å². The Hall–Kier alpha value is -1.74. The van der Waals surface area contributed by atoms with Crippen LogP contribution in [0.4, 0.5) is 0 Å². The number of rotatable bonds is 8. The Balaban J connectivity index is 0.00000300. The van der Waals surface area contributed by atoms with E-state index >= 15 is 0 Å². The predicted octanol–water partition coefficient (Wildman–Crippen LogP) is 4.01. The van der Waals surface area contributed by atoms with E-state index in [4.69, 9.17) is 9.15 Å². The van der Waals surface area contributed by atoms with E-state index in [2.05, 4.69) is 39.6 Å². The van der Waals surface area contributed by atoms with E-state index in [1.54, 1.807) is 20.4 Å². The predicted molar refractivity (Wildman–Crippen MR) is 128 cm³/mol. The van der Waals surface area contributed by atoms with Crippen molar-refractivity contribution in [3.05, 3.63) is 54.0 Å². The largest absolute Gasteiger partial charge is 0.496 e. The molecule has 0 aliphatic carbocycles. The van der Waals surface area contributed by atoms with E-state index in [1.807, 2.05) is 24.3 Å². The molecule has 2 heterocycles. The molecule has 0 amide bonds. The number of methoxy groups -OCH3 is 1. The summed E-state index contributed by atoms with van der Waals surface area (Å²) in [5.74, 6) is 3.03. The molecule has 29 heavy (non-hydrogen) atoms. The lowest BCUT2D eigenvalue weighted by Crippen LogP contribution is -2.43. The number of benzene rings is 1. The molecule has 2 N–H and O–H groups in total. The number of furan rings is 1. The molecule has 1 saturated heterocycles. The Morgan fingerprint density at radius 2 is 1.86 bits per heavy atom. The van der Waals surface area contributed by atoms with Crippen LogP contribution < -0.4 is 15.4 Å². The average Bonchev–Trinajstić information content (AvgIpc) is 3.45. The summed E-state index contributed by atoms with van der Waals surface area (Å²) in [6.07, 6.45) is 4.25. The lowest BCUT2D eigenvalue weighted by atomic mass is 10.0. The van der Waals surface area contributed by atoms with Gasteiger partial charge in [0, 0.05) is 26.1 Å². The van der Waals surface area contributed by atoms with Gasteiger partial charge in [0.15, 0.2) is 5.96 Å². The van der Waals surface area contributed by atoms with E-state index in [9.17, 15) is 0 Å². The lowest BCUT2D eigenvalue weighted by molar-refractivity contribution is 0.215. The van der Waals surface area contributed by atoms with Crippen molar-refractivity contribution in [2.45, 2.75) is 31.7 Å². The third-order valence-corrected chi connectivity index (χ3v) is 5.39. The van der Waals surface area contributed by atoms with Crippen LogP contribution in [0, 0.1) is 0 Å². The molecule has 0 saturated carbocycles. The SMILES string of the molecule is CN=C(NCC(C)c1ccccc1OC)NCC(c1ccco1)N1CCCC1.I. The molecule has 0 bridgehead atoms. The maximum absolute atomic E-state index is 5.70. The molecule has 0 spiro atoms. The molecule has 3 rings (SSSR count). The number of halogens is 1. The van der Waals surface area contributed by atoms with Crippen molar-refractivity contribution in [3.8, 4) is 5.75 Å². The lowest BCUT2D eigenvalue weighted by Gasteiger charge is -2.27.